The number of rotatable bonds is 38. The Bertz CT molecular complexity index is 1580. The third kappa shape index (κ3) is 31.3. The van der Waals surface area contributed by atoms with Gasteiger partial charge in [-0.25, -0.2) is 9.59 Å². The molecule has 0 spiro atoms. The van der Waals surface area contributed by atoms with Crippen molar-refractivity contribution in [2.45, 2.75) is 117 Å². The van der Waals surface area contributed by atoms with Crippen molar-refractivity contribution in [3.8, 4) is 0 Å². The highest BCUT2D eigenvalue weighted by Crippen LogP contribution is 2.38. The third-order valence-electron chi connectivity index (χ3n) is 10.7. The number of alkyl halides is 1. The summed E-state index contributed by atoms with van der Waals surface area (Å²) in [7, 11) is 0. The molecule has 384 valence electrons. The van der Waals surface area contributed by atoms with Crippen molar-refractivity contribution in [2.75, 3.05) is 84.4 Å². The second kappa shape index (κ2) is 33.9. The van der Waals surface area contributed by atoms with Crippen LogP contribution in [-0.2, 0) is 62.1 Å². The number of aliphatic carboxylic acids is 3. The van der Waals surface area contributed by atoms with Gasteiger partial charge in [-0.2, -0.15) is 0 Å². The van der Waals surface area contributed by atoms with Crippen LogP contribution in [0.25, 0.3) is 0 Å². The van der Waals surface area contributed by atoms with E-state index < -0.39 is 47.2 Å². The van der Waals surface area contributed by atoms with Gasteiger partial charge in [-0.3, -0.25) is 33.6 Å². The Morgan fingerprint density at radius 2 is 1.09 bits per heavy atom. The van der Waals surface area contributed by atoms with Crippen LogP contribution in [0.2, 0.25) is 0 Å². The summed E-state index contributed by atoms with van der Waals surface area (Å²) >= 11 is 3.03. The van der Waals surface area contributed by atoms with Gasteiger partial charge in [0.05, 0.1) is 51.4 Å². The molecule has 1 rings (SSSR count). The molecule has 0 aromatic carbocycles. The van der Waals surface area contributed by atoms with Crippen LogP contribution in [0.4, 0.5) is 0 Å². The molecular formula is C44H75BrN6O16. The minimum atomic E-state index is -1.24. The average molecular weight is 1020 g/mol. The molecule has 2 unspecified atom stereocenters. The Morgan fingerprint density at radius 3 is 1.66 bits per heavy atom. The highest BCUT2D eigenvalue weighted by atomic mass is 79.9. The SMILES string of the molecule is CC(C)(CC(=O)O)CC(C)(C)CC(=O)NCC1CCC(C(=O)NC(CCC(=O)NCCOCCOCC(=O)NCCOCCOCC(=O)NC(CCCCNC(=O)CBr)C(=O)O)C(=O)O)CC1. The standard InChI is InChI=1S/C44H75BrN6O16/c1-43(2,29-44(3,4)24-39(57)58)23-35(53)49-26-30-8-10-31(11-9-30)40(59)51-33(42(62)63)12-13-34(52)47-15-17-64-19-21-66-27-37(55)48-16-18-65-20-22-67-28-38(56)50-32(41(60)61)7-5-6-14-46-36(54)25-45/h30-33H,5-29H2,1-4H3,(H,46,54)(H,47,52)(H,48,55)(H,49,53)(H,50,56)(H,51,59)(H,57,58)(H,60,61)(H,62,63). The van der Waals surface area contributed by atoms with Gasteiger partial charge < -0.3 is 66.2 Å². The lowest BCUT2D eigenvalue weighted by molar-refractivity contribution is -0.143. The molecule has 67 heavy (non-hydrogen) atoms. The van der Waals surface area contributed by atoms with Crippen molar-refractivity contribution >= 4 is 69.3 Å². The van der Waals surface area contributed by atoms with Gasteiger partial charge in [0.1, 0.15) is 25.3 Å². The van der Waals surface area contributed by atoms with Crippen LogP contribution in [0.3, 0.4) is 0 Å². The summed E-state index contributed by atoms with van der Waals surface area (Å²) < 4.78 is 21.2. The van der Waals surface area contributed by atoms with Crippen molar-refractivity contribution in [2.24, 2.45) is 22.7 Å². The van der Waals surface area contributed by atoms with Crippen molar-refractivity contribution in [3.63, 3.8) is 0 Å². The number of hydrogen-bond acceptors (Lipinski definition) is 13. The molecule has 0 aromatic heterocycles. The summed E-state index contributed by atoms with van der Waals surface area (Å²) in [4.78, 5) is 108. The van der Waals surface area contributed by atoms with E-state index in [-0.39, 0.29) is 144 Å². The van der Waals surface area contributed by atoms with Gasteiger partial charge in [0.2, 0.25) is 35.4 Å². The quantitative estimate of drug-likeness (QED) is 0.0309. The average Bonchev–Trinajstić information content (AvgIpc) is 3.24. The summed E-state index contributed by atoms with van der Waals surface area (Å²) in [5.74, 6) is -5.50. The van der Waals surface area contributed by atoms with Gasteiger partial charge >= 0.3 is 17.9 Å². The van der Waals surface area contributed by atoms with Crippen molar-refractivity contribution < 1.29 is 77.4 Å². The monoisotopic (exact) mass is 1020 g/mol. The second-order valence-electron chi connectivity index (χ2n) is 18.2. The molecule has 0 radical (unpaired) electrons. The highest BCUT2D eigenvalue weighted by molar-refractivity contribution is 9.09. The first kappa shape index (κ1) is 60.6. The van der Waals surface area contributed by atoms with E-state index >= 15 is 0 Å². The fraction of sp³-hybridized carbons (Fsp3) is 0.795. The zero-order valence-electron chi connectivity index (χ0n) is 39.5. The van der Waals surface area contributed by atoms with E-state index in [2.05, 4.69) is 47.8 Å². The number of halogens is 1. The molecule has 9 N–H and O–H groups in total. The minimum absolute atomic E-state index is 0.0183. The molecule has 0 aliphatic heterocycles. The summed E-state index contributed by atoms with van der Waals surface area (Å²) in [6.45, 7) is 9.11. The molecule has 23 heteroatoms. The topological polar surface area (TPSA) is 323 Å². The number of carboxylic acids is 3. The van der Waals surface area contributed by atoms with Gasteiger partial charge in [-0.1, -0.05) is 43.6 Å². The first-order chi connectivity index (χ1) is 31.6. The van der Waals surface area contributed by atoms with Gasteiger partial charge in [0.25, 0.3) is 0 Å². The van der Waals surface area contributed by atoms with Crippen LogP contribution >= 0.6 is 15.9 Å². The fourth-order valence-electron chi connectivity index (χ4n) is 7.71. The molecule has 0 heterocycles. The first-order valence-corrected chi connectivity index (χ1v) is 24.0. The summed E-state index contributed by atoms with van der Waals surface area (Å²) in [6.07, 6.45) is 4.33. The fourth-order valence-corrected chi connectivity index (χ4v) is 7.91. The zero-order valence-corrected chi connectivity index (χ0v) is 41.1. The molecule has 2 atom stereocenters. The van der Waals surface area contributed by atoms with Crippen molar-refractivity contribution in [3.05, 3.63) is 0 Å². The van der Waals surface area contributed by atoms with E-state index in [1.165, 1.54) is 0 Å². The summed E-state index contributed by atoms with van der Waals surface area (Å²) in [5.41, 5.74) is -0.837. The van der Waals surface area contributed by atoms with Crippen LogP contribution < -0.4 is 31.9 Å². The van der Waals surface area contributed by atoms with E-state index in [1.807, 2.05) is 27.7 Å². The molecule has 22 nitrogen and oxygen atoms in total. The predicted octanol–water partition coefficient (Wildman–Crippen LogP) is 1.12. The van der Waals surface area contributed by atoms with Crippen LogP contribution in [0.1, 0.15) is 105 Å². The van der Waals surface area contributed by atoms with Crippen molar-refractivity contribution in [1.82, 2.24) is 31.9 Å². The molecule has 0 bridgehead atoms. The number of carboxylic acid groups (broad SMARTS) is 3. The summed E-state index contributed by atoms with van der Waals surface area (Å²) in [5, 5.41) is 44.3. The number of carbonyl (C=O) groups excluding carboxylic acids is 6. The number of nitrogens with one attached hydrogen (secondary N) is 6. The number of ether oxygens (including phenoxy) is 4. The lowest BCUT2D eigenvalue weighted by atomic mass is 9.71. The predicted molar refractivity (Wildman–Crippen MR) is 246 cm³/mol. The highest BCUT2D eigenvalue weighted by Gasteiger charge is 2.33. The maximum atomic E-state index is 13.0. The van der Waals surface area contributed by atoms with Crippen molar-refractivity contribution in [1.29, 1.82) is 0 Å². The van der Waals surface area contributed by atoms with Crippen LogP contribution in [0.15, 0.2) is 0 Å². The molecular weight excluding hydrogens is 948 g/mol. The van der Waals surface area contributed by atoms with Crippen LogP contribution in [-0.4, -0.2) is 165 Å². The Hall–Kier alpha value is -4.45. The molecule has 1 aliphatic rings. The van der Waals surface area contributed by atoms with E-state index in [4.69, 9.17) is 18.9 Å². The molecule has 1 aliphatic carbocycles. The largest absolute Gasteiger partial charge is 0.481 e. The number of amides is 6. The number of carbonyl (C=O) groups is 9. The molecule has 6 amide bonds. The van der Waals surface area contributed by atoms with Gasteiger partial charge in [-0.05, 0) is 74.5 Å². The van der Waals surface area contributed by atoms with E-state index in [0.29, 0.717) is 58.0 Å². The molecule has 1 saturated carbocycles. The van der Waals surface area contributed by atoms with Gasteiger partial charge in [-0.15, -0.1) is 0 Å². The zero-order chi connectivity index (χ0) is 50.3. The Labute approximate surface area is 401 Å². The molecule has 0 aromatic rings. The van der Waals surface area contributed by atoms with Gasteiger partial charge in [0, 0.05) is 44.9 Å². The number of unbranched alkanes of at least 4 members (excludes halogenated alkanes) is 1. The van der Waals surface area contributed by atoms with Crippen LogP contribution in [0, 0.1) is 22.7 Å². The first-order valence-electron chi connectivity index (χ1n) is 22.8. The summed E-state index contributed by atoms with van der Waals surface area (Å²) in [6, 6.07) is -2.31. The van der Waals surface area contributed by atoms with E-state index in [0.717, 1.165) is 0 Å². The van der Waals surface area contributed by atoms with E-state index in [9.17, 15) is 58.5 Å². The minimum Gasteiger partial charge on any atom is -0.481 e. The lowest BCUT2D eigenvalue weighted by Gasteiger charge is -2.34. The Kier molecular flexibility index (Phi) is 30.7. The van der Waals surface area contributed by atoms with Gasteiger partial charge in [0.15, 0.2) is 0 Å². The number of hydrogen-bond donors (Lipinski definition) is 9. The maximum Gasteiger partial charge on any atom is 0.326 e. The molecule has 1 fully saturated rings. The Morgan fingerprint density at radius 1 is 0.567 bits per heavy atom. The normalized spacial score (nSPS) is 15.9. The molecule has 0 saturated heterocycles. The lowest BCUT2D eigenvalue weighted by Crippen LogP contribution is -2.45. The third-order valence-corrected chi connectivity index (χ3v) is 11.2. The Balaban J connectivity index is 2.11. The van der Waals surface area contributed by atoms with E-state index in [1.54, 1.807) is 0 Å². The van der Waals surface area contributed by atoms with Crippen LogP contribution in [0.5, 0.6) is 0 Å². The maximum absolute atomic E-state index is 13.0. The smallest absolute Gasteiger partial charge is 0.326 e. The second-order valence-corrected chi connectivity index (χ2v) is 18.7.